The minimum absolute atomic E-state index is 0.141. The van der Waals surface area contributed by atoms with Crippen LogP contribution in [0, 0.1) is 0 Å². The minimum Gasteiger partial charge on any atom is -0.327 e. The first-order chi connectivity index (χ1) is 6.37. The third-order valence-electron chi connectivity index (χ3n) is 2.03. The van der Waals surface area contributed by atoms with Crippen molar-refractivity contribution in [3.8, 4) is 0 Å². The molecule has 0 aliphatic heterocycles. The lowest BCUT2D eigenvalue weighted by molar-refractivity contribution is 0.318. The van der Waals surface area contributed by atoms with Gasteiger partial charge < -0.3 is 10.6 Å². The number of nitrogens with two attached hydrogens (primary N) is 1. The Morgan fingerprint density at radius 1 is 1.43 bits per heavy atom. The highest BCUT2D eigenvalue weighted by Crippen LogP contribution is 1.96. The SMILES string of the molecule is CCS(=O)(=O)CCCN(C)CC(C)N. The first kappa shape index (κ1) is 13.9. The average molecular weight is 222 g/mol. The Kier molecular flexibility index (Phi) is 6.31. The van der Waals surface area contributed by atoms with Gasteiger partial charge in [-0.05, 0) is 26.9 Å². The maximum absolute atomic E-state index is 11.2. The molecular formula is C9H22N2O2S. The fraction of sp³-hybridized carbons (Fsp3) is 1.00. The maximum atomic E-state index is 11.2. The molecule has 0 aliphatic rings. The van der Waals surface area contributed by atoms with E-state index in [1.807, 2.05) is 14.0 Å². The normalized spacial score (nSPS) is 14.6. The molecule has 0 saturated heterocycles. The van der Waals surface area contributed by atoms with E-state index < -0.39 is 9.84 Å². The van der Waals surface area contributed by atoms with Crippen LogP contribution >= 0.6 is 0 Å². The van der Waals surface area contributed by atoms with E-state index in [-0.39, 0.29) is 17.5 Å². The van der Waals surface area contributed by atoms with Crippen molar-refractivity contribution in [2.45, 2.75) is 26.3 Å². The Morgan fingerprint density at radius 2 is 2.00 bits per heavy atom. The van der Waals surface area contributed by atoms with Crippen molar-refractivity contribution in [3.05, 3.63) is 0 Å². The van der Waals surface area contributed by atoms with E-state index in [4.69, 9.17) is 5.73 Å². The molecule has 14 heavy (non-hydrogen) atoms. The molecule has 0 amide bonds. The Morgan fingerprint density at radius 3 is 2.43 bits per heavy atom. The zero-order valence-corrected chi connectivity index (χ0v) is 10.2. The fourth-order valence-corrected chi connectivity index (χ4v) is 2.14. The number of nitrogens with zero attached hydrogens (tertiary/aromatic N) is 1. The second-order valence-corrected chi connectivity index (χ2v) is 6.30. The molecule has 1 unspecified atom stereocenters. The molecule has 0 radical (unpaired) electrons. The van der Waals surface area contributed by atoms with Crippen LogP contribution in [0.3, 0.4) is 0 Å². The molecule has 0 heterocycles. The van der Waals surface area contributed by atoms with Crippen molar-refractivity contribution in [1.29, 1.82) is 0 Å². The summed E-state index contributed by atoms with van der Waals surface area (Å²) < 4.78 is 22.3. The van der Waals surface area contributed by atoms with Gasteiger partial charge in [-0.3, -0.25) is 0 Å². The quantitative estimate of drug-likeness (QED) is 0.663. The van der Waals surface area contributed by atoms with Crippen LogP contribution in [0.5, 0.6) is 0 Å². The molecular weight excluding hydrogens is 200 g/mol. The first-order valence-corrected chi connectivity index (χ1v) is 6.84. The monoisotopic (exact) mass is 222 g/mol. The lowest BCUT2D eigenvalue weighted by Gasteiger charge is -2.18. The topological polar surface area (TPSA) is 63.4 Å². The van der Waals surface area contributed by atoms with Crippen LogP contribution in [0.2, 0.25) is 0 Å². The van der Waals surface area contributed by atoms with Crippen LogP contribution in [0.4, 0.5) is 0 Å². The predicted molar refractivity (Wildman–Crippen MR) is 60.1 cm³/mol. The van der Waals surface area contributed by atoms with Gasteiger partial charge >= 0.3 is 0 Å². The first-order valence-electron chi connectivity index (χ1n) is 5.02. The Bertz CT molecular complexity index is 237. The molecule has 1 atom stereocenters. The van der Waals surface area contributed by atoms with Crippen LogP contribution in [0.25, 0.3) is 0 Å². The van der Waals surface area contributed by atoms with E-state index in [1.54, 1.807) is 6.92 Å². The summed E-state index contributed by atoms with van der Waals surface area (Å²) in [5.41, 5.74) is 5.62. The van der Waals surface area contributed by atoms with E-state index in [1.165, 1.54) is 0 Å². The summed E-state index contributed by atoms with van der Waals surface area (Å²) in [6, 6.07) is 0.141. The molecule has 2 N–H and O–H groups in total. The molecule has 0 aromatic rings. The Labute approximate surface area is 87.4 Å². The largest absolute Gasteiger partial charge is 0.327 e. The smallest absolute Gasteiger partial charge is 0.150 e. The molecule has 0 rings (SSSR count). The second kappa shape index (κ2) is 6.37. The Balaban J connectivity index is 3.64. The van der Waals surface area contributed by atoms with Gasteiger partial charge in [-0.25, -0.2) is 8.42 Å². The number of hydrogen-bond donors (Lipinski definition) is 1. The highest BCUT2D eigenvalue weighted by atomic mass is 32.2. The van der Waals surface area contributed by atoms with Crippen LogP contribution in [0.15, 0.2) is 0 Å². The van der Waals surface area contributed by atoms with Gasteiger partial charge in [0.2, 0.25) is 0 Å². The summed E-state index contributed by atoms with van der Waals surface area (Å²) in [7, 11) is -0.841. The summed E-state index contributed by atoms with van der Waals surface area (Å²) in [5, 5.41) is 0. The van der Waals surface area contributed by atoms with Gasteiger partial charge in [0, 0.05) is 18.3 Å². The average Bonchev–Trinajstić information content (AvgIpc) is 2.02. The Hall–Kier alpha value is -0.130. The third-order valence-corrected chi connectivity index (χ3v) is 3.82. The number of hydrogen-bond acceptors (Lipinski definition) is 4. The minimum atomic E-state index is -2.80. The van der Waals surface area contributed by atoms with Crippen molar-refractivity contribution >= 4 is 9.84 Å². The van der Waals surface area contributed by atoms with Crippen LogP contribution in [0.1, 0.15) is 20.3 Å². The van der Waals surface area contributed by atoms with E-state index in [0.717, 1.165) is 13.1 Å². The van der Waals surface area contributed by atoms with E-state index >= 15 is 0 Å². The molecule has 4 nitrogen and oxygen atoms in total. The highest BCUT2D eigenvalue weighted by Gasteiger charge is 2.08. The lowest BCUT2D eigenvalue weighted by Crippen LogP contribution is -2.34. The van der Waals surface area contributed by atoms with Gasteiger partial charge in [-0.1, -0.05) is 6.92 Å². The van der Waals surface area contributed by atoms with Crippen molar-refractivity contribution in [2.24, 2.45) is 5.73 Å². The van der Waals surface area contributed by atoms with Gasteiger partial charge in [0.05, 0.1) is 5.75 Å². The molecule has 0 spiro atoms. The van der Waals surface area contributed by atoms with Gasteiger partial charge in [-0.15, -0.1) is 0 Å². The van der Waals surface area contributed by atoms with E-state index in [2.05, 4.69) is 4.90 Å². The molecule has 86 valence electrons. The van der Waals surface area contributed by atoms with Gasteiger partial charge in [0.25, 0.3) is 0 Å². The van der Waals surface area contributed by atoms with Crippen LogP contribution < -0.4 is 5.73 Å². The third kappa shape index (κ3) is 7.29. The predicted octanol–water partition coefficient (Wildman–Crippen LogP) is 0.0902. The lowest BCUT2D eigenvalue weighted by atomic mass is 10.3. The van der Waals surface area contributed by atoms with Crippen LogP contribution in [-0.2, 0) is 9.84 Å². The number of sulfone groups is 1. The molecule has 5 heteroatoms. The summed E-state index contributed by atoms with van der Waals surface area (Å²) in [6.45, 7) is 5.23. The van der Waals surface area contributed by atoms with E-state index in [0.29, 0.717) is 6.42 Å². The van der Waals surface area contributed by atoms with Crippen molar-refractivity contribution < 1.29 is 8.42 Å². The van der Waals surface area contributed by atoms with Crippen LogP contribution in [-0.4, -0.2) is 51.0 Å². The molecule has 0 aromatic heterocycles. The highest BCUT2D eigenvalue weighted by molar-refractivity contribution is 7.91. The molecule has 0 aromatic carbocycles. The molecule has 0 fully saturated rings. The standard InChI is InChI=1S/C9H22N2O2S/c1-4-14(12,13)7-5-6-11(3)8-9(2)10/h9H,4-8,10H2,1-3H3. The fourth-order valence-electron chi connectivity index (χ4n) is 1.28. The summed E-state index contributed by atoms with van der Waals surface area (Å²) in [6.07, 6.45) is 0.694. The summed E-state index contributed by atoms with van der Waals surface area (Å²) in [4.78, 5) is 2.07. The van der Waals surface area contributed by atoms with Crippen molar-refractivity contribution in [3.63, 3.8) is 0 Å². The number of rotatable bonds is 7. The van der Waals surface area contributed by atoms with E-state index in [9.17, 15) is 8.42 Å². The summed E-state index contributed by atoms with van der Waals surface area (Å²) in [5.74, 6) is 0.525. The van der Waals surface area contributed by atoms with Crippen molar-refractivity contribution in [1.82, 2.24) is 4.90 Å². The van der Waals surface area contributed by atoms with Gasteiger partial charge in [-0.2, -0.15) is 0 Å². The zero-order chi connectivity index (χ0) is 11.2. The summed E-state index contributed by atoms with van der Waals surface area (Å²) >= 11 is 0. The molecule has 0 aliphatic carbocycles. The maximum Gasteiger partial charge on any atom is 0.150 e. The van der Waals surface area contributed by atoms with Gasteiger partial charge in [0.1, 0.15) is 9.84 Å². The van der Waals surface area contributed by atoms with Crippen molar-refractivity contribution in [2.75, 3.05) is 31.6 Å². The number of likely N-dealkylation sites (N-methyl/N-ethyl adjacent to an activating group) is 1. The molecule has 0 bridgehead atoms. The van der Waals surface area contributed by atoms with Gasteiger partial charge in [0.15, 0.2) is 0 Å². The molecule has 0 saturated carbocycles. The second-order valence-electron chi connectivity index (χ2n) is 3.83. The zero-order valence-electron chi connectivity index (χ0n) is 9.36.